The third kappa shape index (κ3) is 9.51. The van der Waals surface area contributed by atoms with Crippen molar-refractivity contribution in [2.24, 2.45) is 11.8 Å². The number of aryl methyl sites for hydroxylation is 1. The van der Waals surface area contributed by atoms with Gasteiger partial charge in [-0.3, -0.25) is 4.98 Å². The summed E-state index contributed by atoms with van der Waals surface area (Å²) in [7, 11) is 0. The van der Waals surface area contributed by atoms with Crippen molar-refractivity contribution in [1.29, 1.82) is 0 Å². The molecule has 0 spiro atoms. The highest BCUT2D eigenvalue weighted by Crippen LogP contribution is 2.34. The SMILES string of the molecule is CCCCCCCC1CCC(CCc2ccc(-c3ccc(OCCCCC)cc3)nc2)CC1. The van der Waals surface area contributed by atoms with Gasteiger partial charge in [0.15, 0.2) is 0 Å². The van der Waals surface area contributed by atoms with Gasteiger partial charge in [0.25, 0.3) is 0 Å². The van der Waals surface area contributed by atoms with E-state index in [1.165, 1.54) is 95.5 Å². The Hall–Kier alpha value is -1.83. The van der Waals surface area contributed by atoms with Gasteiger partial charge in [-0.1, -0.05) is 97.0 Å². The number of hydrogen-bond donors (Lipinski definition) is 0. The molecule has 0 unspecified atom stereocenters. The largest absolute Gasteiger partial charge is 0.494 e. The van der Waals surface area contributed by atoms with Crippen molar-refractivity contribution in [3.8, 4) is 17.0 Å². The number of hydrogen-bond acceptors (Lipinski definition) is 2. The van der Waals surface area contributed by atoms with Crippen LogP contribution in [0.3, 0.4) is 0 Å². The quantitative estimate of drug-likeness (QED) is 0.253. The first kappa shape index (κ1) is 25.8. The summed E-state index contributed by atoms with van der Waals surface area (Å²) in [6.07, 6.45) is 22.6. The second-order valence-electron chi connectivity index (χ2n) is 10.3. The van der Waals surface area contributed by atoms with Crippen LogP contribution in [0, 0.1) is 11.8 Å². The van der Waals surface area contributed by atoms with E-state index in [0.29, 0.717) is 0 Å². The third-order valence-electron chi connectivity index (χ3n) is 7.51. The molecule has 0 aliphatic heterocycles. The first-order valence-corrected chi connectivity index (χ1v) is 14.0. The molecule has 1 aliphatic carbocycles. The highest BCUT2D eigenvalue weighted by molar-refractivity contribution is 5.60. The summed E-state index contributed by atoms with van der Waals surface area (Å²) >= 11 is 0. The number of unbranched alkanes of at least 4 members (excludes halogenated alkanes) is 6. The lowest BCUT2D eigenvalue weighted by atomic mass is 9.78. The zero-order valence-corrected chi connectivity index (χ0v) is 21.4. The number of rotatable bonds is 15. The minimum atomic E-state index is 0.806. The predicted octanol–water partition coefficient (Wildman–Crippen LogP) is 9.42. The van der Waals surface area contributed by atoms with Crippen LogP contribution in [-0.4, -0.2) is 11.6 Å². The molecule has 2 heteroatoms. The smallest absolute Gasteiger partial charge is 0.119 e. The van der Waals surface area contributed by atoms with E-state index in [0.717, 1.165) is 41.9 Å². The van der Waals surface area contributed by atoms with Crippen LogP contribution in [0.5, 0.6) is 5.75 Å². The first-order chi connectivity index (χ1) is 16.3. The fourth-order valence-corrected chi connectivity index (χ4v) is 5.22. The number of aromatic nitrogens is 1. The van der Waals surface area contributed by atoms with Crippen LogP contribution in [0.4, 0.5) is 0 Å². The van der Waals surface area contributed by atoms with Gasteiger partial charge in [0.1, 0.15) is 5.75 Å². The van der Waals surface area contributed by atoms with Crippen LogP contribution in [-0.2, 0) is 6.42 Å². The van der Waals surface area contributed by atoms with Crippen LogP contribution >= 0.6 is 0 Å². The topological polar surface area (TPSA) is 22.1 Å². The fourth-order valence-electron chi connectivity index (χ4n) is 5.22. The summed E-state index contributed by atoms with van der Waals surface area (Å²) in [6.45, 7) is 5.33. The lowest BCUT2D eigenvalue weighted by Gasteiger charge is -2.28. The van der Waals surface area contributed by atoms with E-state index in [4.69, 9.17) is 9.72 Å². The summed E-state index contributed by atoms with van der Waals surface area (Å²) < 4.78 is 5.83. The molecule has 3 rings (SSSR count). The van der Waals surface area contributed by atoms with E-state index in [1.54, 1.807) is 0 Å². The molecular formula is C31H47NO. The van der Waals surface area contributed by atoms with Crippen LogP contribution in [0.1, 0.15) is 109 Å². The maximum atomic E-state index is 5.83. The Bertz CT molecular complexity index is 743. The standard InChI is InChI=1S/C31H47NO/c1-3-5-7-8-9-11-26-12-14-27(15-13-26)16-17-28-18-23-31(32-25-28)29-19-21-30(22-20-29)33-24-10-6-4-2/h18-23,25-27H,3-17,24H2,1-2H3. The molecule has 2 nitrogen and oxygen atoms in total. The minimum Gasteiger partial charge on any atom is -0.494 e. The molecule has 33 heavy (non-hydrogen) atoms. The highest BCUT2D eigenvalue weighted by Gasteiger charge is 2.20. The predicted molar refractivity (Wildman–Crippen MR) is 142 cm³/mol. The molecule has 1 aliphatic rings. The van der Waals surface area contributed by atoms with Gasteiger partial charge >= 0.3 is 0 Å². The number of nitrogens with zero attached hydrogens (tertiary/aromatic N) is 1. The summed E-state index contributed by atoms with van der Waals surface area (Å²) in [5.74, 6) is 2.89. The van der Waals surface area contributed by atoms with E-state index in [2.05, 4.69) is 56.4 Å². The van der Waals surface area contributed by atoms with Gasteiger partial charge in [-0.2, -0.15) is 0 Å². The number of benzene rings is 1. The molecule has 2 aromatic rings. The summed E-state index contributed by atoms with van der Waals surface area (Å²) in [6, 6.07) is 12.8. The average molecular weight is 450 g/mol. The molecule has 1 saturated carbocycles. The fraction of sp³-hybridized carbons (Fsp3) is 0.645. The average Bonchev–Trinajstić information content (AvgIpc) is 2.87. The molecule has 0 saturated heterocycles. The maximum Gasteiger partial charge on any atom is 0.119 e. The Morgan fingerprint density at radius 3 is 2.06 bits per heavy atom. The molecule has 1 fully saturated rings. The summed E-state index contributed by atoms with van der Waals surface area (Å²) in [5.41, 5.74) is 3.60. The Morgan fingerprint density at radius 1 is 0.727 bits per heavy atom. The monoisotopic (exact) mass is 449 g/mol. The van der Waals surface area contributed by atoms with Gasteiger partial charge in [0.05, 0.1) is 12.3 Å². The van der Waals surface area contributed by atoms with Gasteiger partial charge in [-0.15, -0.1) is 0 Å². The molecular weight excluding hydrogens is 402 g/mol. The van der Waals surface area contributed by atoms with Gasteiger partial charge in [0.2, 0.25) is 0 Å². The van der Waals surface area contributed by atoms with Crippen molar-refractivity contribution in [3.63, 3.8) is 0 Å². The van der Waals surface area contributed by atoms with E-state index < -0.39 is 0 Å². The van der Waals surface area contributed by atoms with Crippen LogP contribution in [0.25, 0.3) is 11.3 Å². The van der Waals surface area contributed by atoms with Crippen molar-refractivity contribution < 1.29 is 4.74 Å². The van der Waals surface area contributed by atoms with Crippen LogP contribution in [0.15, 0.2) is 42.6 Å². The molecule has 0 N–H and O–H groups in total. The normalized spacial score (nSPS) is 18.4. The van der Waals surface area contributed by atoms with Crippen molar-refractivity contribution in [2.45, 2.75) is 110 Å². The maximum absolute atomic E-state index is 5.83. The molecule has 1 aromatic heterocycles. The van der Waals surface area contributed by atoms with E-state index >= 15 is 0 Å². The number of pyridine rings is 1. The minimum absolute atomic E-state index is 0.806. The first-order valence-electron chi connectivity index (χ1n) is 14.0. The lowest BCUT2D eigenvalue weighted by Crippen LogP contribution is -2.15. The molecule has 0 bridgehead atoms. The number of ether oxygens (including phenoxy) is 1. The van der Waals surface area contributed by atoms with Crippen LogP contribution in [0.2, 0.25) is 0 Å². The summed E-state index contributed by atoms with van der Waals surface area (Å²) in [4.78, 5) is 4.76. The zero-order chi connectivity index (χ0) is 23.1. The van der Waals surface area contributed by atoms with E-state index in [9.17, 15) is 0 Å². The zero-order valence-electron chi connectivity index (χ0n) is 21.4. The molecule has 0 radical (unpaired) electrons. The van der Waals surface area contributed by atoms with Gasteiger partial charge in [-0.05, 0) is 67.0 Å². The third-order valence-corrected chi connectivity index (χ3v) is 7.51. The Kier molecular flexibility index (Phi) is 11.8. The highest BCUT2D eigenvalue weighted by atomic mass is 16.5. The van der Waals surface area contributed by atoms with Crippen molar-refractivity contribution >= 4 is 0 Å². The van der Waals surface area contributed by atoms with Crippen LogP contribution < -0.4 is 4.74 Å². The molecule has 182 valence electrons. The molecule has 1 aromatic carbocycles. The van der Waals surface area contributed by atoms with Gasteiger partial charge in [-0.25, -0.2) is 0 Å². The van der Waals surface area contributed by atoms with Crippen molar-refractivity contribution in [1.82, 2.24) is 4.98 Å². The Morgan fingerprint density at radius 2 is 1.39 bits per heavy atom. The molecule has 1 heterocycles. The Labute approximate surface area is 203 Å². The van der Waals surface area contributed by atoms with Gasteiger partial charge in [0, 0.05) is 11.8 Å². The van der Waals surface area contributed by atoms with Crippen molar-refractivity contribution in [2.75, 3.05) is 6.61 Å². The molecule has 0 amide bonds. The van der Waals surface area contributed by atoms with E-state index in [-0.39, 0.29) is 0 Å². The van der Waals surface area contributed by atoms with Gasteiger partial charge < -0.3 is 4.74 Å². The second-order valence-corrected chi connectivity index (χ2v) is 10.3. The summed E-state index contributed by atoms with van der Waals surface area (Å²) in [5, 5.41) is 0. The lowest BCUT2D eigenvalue weighted by molar-refractivity contribution is 0.248. The Balaban J connectivity index is 1.35. The van der Waals surface area contributed by atoms with Crippen molar-refractivity contribution in [3.05, 3.63) is 48.2 Å². The van der Waals surface area contributed by atoms with E-state index in [1.807, 2.05) is 0 Å². The second kappa shape index (κ2) is 15.1. The molecule has 0 atom stereocenters.